The first-order valence-electron chi connectivity index (χ1n) is 5.13. The second kappa shape index (κ2) is 4.98. The Kier molecular flexibility index (Phi) is 3.91. The number of allylic oxidation sites excluding steroid dienone is 1. The van der Waals surface area contributed by atoms with Crippen molar-refractivity contribution < 1.29 is 15.0 Å². The molecule has 0 aromatic rings. The van der Waals surface area contributed by atoms with Gasteiger partial charge in [-0.05, 0) is 25.0 Å². The third-order valence-corrected chi connectivity index (χ3v) is 2.59. The Morgan fingerprint density at radius 3 is 2.87 bits per heavy atom. The fraction of sp³-hybridized carbons (Fsp3) is 0.545. The van der Waals surface area contributed by atoms with Crippen LogP contribution in [0.15, 0.2) is 23.5 Å². The highest BCUT2D eigenvalue weighted by atomic mass is 16.3. The SMILES string of the molecule is CCCC(C(N)=O)C1=CC(O)C(O)=CC1. The maximum Gasteiger partial charge on any atom is 0.224 e. The van der Waals surface area contributed by atoms with Crippen molar-refractivity contribution in [2.75, 3.05) is 0 Å². The second-order valence-electron chi connectivity index (χ2n) is 3.76. The lowest BCUT2D eigenvalue weighted by molar-refractivity contribution is -0.120. The molecule has 4 nitrogen and oxygen atoms in total. The van der Waals surface area contributed by atoms with Gasteiger partial charge in [-0.25, -0.2) is 0 Å². The molecule has 1 rings (SSSR count). The molecule has 0 aromatic heterocycles. The summed E-state index contributed by atoms with van der Waals surface area (Å²) in [7, 11) is 0. The zero-order chi connectivity index (χ0) is 11.4. The van der Waals surface area contributed by atoms with Crippen molar-refractivity contribution in [3.8, 4) is 0 Å². The van der Waals surface area contributed by atoms with Gasteiger partial charge in [0, 0.05) is 0 Å². The molecular formula is C11H17NO3. The van der Waals surface area contributed by atoms with Crippen LogP contribution >= 0.6 is 0 Å². The van der Waals surface area contributed by atoms with Crippen molar-refractivity contribution in [1.82, 2.24) is 0 Å². The molecule has 15 heavy (non-hydrogen) atoms. The lowest BCUT2D eigenvalue weighted by Gasteiger charge is -2.20. The van der Waals surface area contributed by atoms with Crippen LogP contribution < -0.4 is 5.73 Å². The quantitative estimate of drug-likeness (QED) is 0.607. The van der Waals surface area contributed by atoms with Crippen molar-refractivity contribution in [2.24, 2.45) is 11.7 Å². The van der Waals surface area contributed by atoms with Gasteiger partial charge in [-0.2, -0.15) is 0 Å². The van der Waals surface area contributed by atoms with Gasteiger partial charge in [-0.1, -0.05) is 18.9 Å². The van der Waals surface area contributed by atoms with Gasteiger partial charge < -0.3 is 15.9 Å². The molecule has 0 heterocycles. The molecule has 4 N–H and O–H groups in total. The Balaban J connectivity index is 2.78. The highest BCUT2D eigenvalue weighted by Crippen LogP contribution is 2.25. The molecule has 0 aliphatic heterocycles. The molecule has 2 unspecified atom stereocenters. The van der Waals surface area contributed by atoms with Crippen LogP contribution in [0.3, 0.4) is 0 Å². The van der Waals surface area contributed by atoms with E-state index in [1.165, 1.54) is 12.2 Å². The van der Waals surface area contributed by atoms with Crippen LogP contribution in [0.2, 0.25) is 0 Å². The average Bonchev–Trinajstić information content (AvgIpc) is 2.18. The van der Waals surface area contributed by atoms with Gasteiger partial charge in [0.05, 0.1) is 5.92 Å². The number of aliphatic hydroxyl groups is 2. The van der Waals surface area contributed by atoms with E-state index in [9.17, 15) is 15.0 Å². The molecule has 0 saturated heterocycles. The van der Waals surface area contributed by atoms with Crippen LogP contribution in [0.5, 0.6) is 0 Å². The van der Waals surface area contributed by atoms with Gasteiger partial charge in [0.2, 0.25) is 5.91 Å². The van der Waals surface area contributed by atoms with Gasteiger partial charge >= 0.3 is 0 Å². The summed E-state index contributed by atoms with van der Waals surface area (Å²) in [5, 5.41) is 18.6. The number of carbonyl (C=O) groups is 1. The van der Waals surface area contributed by atoms with Crippen molar-refractivity contribution in [2.45, 2.75) is 32.3 Å². The van der Waals surface area contributed by atoms with Crippen LogP contribution in [0.1, 0.15) is 26.2 Å². The van der Waals surface area contributed by atoms with Gasteiger partial charge in [0.25, 0.3) is 0 Å². The standard InChI is InChI=1S/C11H17NO3/c1-2-3-8(11(12)15)7-4-5-9(13)10(14)6-7/h5-6,8,10,13-14H,2-4H2,1H3,(H2,12,15). The highest BCUT2D eigenvalue weighted by Gasteiger charge is 2.23. The Morgan fingerprint density at radius 1 is 1.73 bits per heavy atom. The van der Waals surface area contributed by atoms with Crippen molar-refractivity contribution in [3.05, 3.63) is 23.5 Å². The number of hydrogen-bond donors (Lipinski definition) is 3. The van der Waals surface area contributed by atoms with Gasteiger partial charge in [-0.15, -0.1) is 0 Å². The van der Waals surface area contributed by atoms with Crippen molar-refractivity contribution in [3.63, 3.8) is 0 Å². The van der Waals surface area contributed by atoms with Crippen molar-refractivity contribution in [1.29, 1.82) is 0 Å². The summed E-state index contributed by atoms with van der Waals surface area (Å²) in [6, 6.07) is 0. The van der Waals surface area contributed by atoms with E-state index >= 15 is 0 Å². The van der Waals surface area contributed by atoms with Crippen molar-refractivity contribution >= 4 is 5.91 Å². The Labute approximate surface area is 89.1 Å². The number of nitrogens with two attached hydrogens (primary N) is 1. The first kappa shape index (κ1) is 11.8. The Morgan fingerprint density at radius 2 is 2.40 bits per heavy atom. The number of amides is 1. The molecule has 1 amide bonds. The molecule has 1 aliphatic rings. The molecule has 0 aromatic carbocycles. The number of rotatable bonds is 4. The first-order valence-corrected chi connectivity index (χ1v) is 5.13. The molecule has 0 bridgehead atoms. The summed E-state index contributed by atoms with van der Waals surface area (Å²) in [4.78, 5) is 11.2. The van der Waals surface area contributed by atoms with E-state index in [1.54, 1.807) is 0 Å². The molecule has 1 aliphatic carbocycles. The fourth-order valence-electron chi connectivity index (χ4n) is 1.76. The molecule has 0 saturated carbocycles. The smallest absolute Gasteiger partial charge is 0.224 e. The Bertz CT molecular complexity index is 307. The number of carbonyl (C=O) groups excluding carboxylic acids is 1. The third-order valence-electron chi connectivity index (χ3n) is 2.59. The van der Waals surface area contributed by atoms with Gasteiger partial charge in [0.1, 0.15) is 11.9 Å². The Hall–Kier alpha value is -1.29. The molecule has 4 heteroatoms. The summed E-state index contributed by atoms with van der Waals surface area (Å²) in [6.45, 7) is 1.98. The maximum absolute atomic E-state index is 11.2. The molecular weight excluding hydrogens is 194 g/mol. The lowest BCUT2D eigenvalue weighted by atomic mass is 9.87. The molecule has 0 spiro atoms. The van der Waals surface area contributed by atoms with E-state index in [0.29, 0.717) is 12.8 Å². The predicted molar refractivity (Wildman–Crippen MR) is 57.0 cm³/mol. The first-order chi connectivity index (χ1) is 7.06. The van der Waals surface area contributed by atoms with Crippen LogP contribution in [-0.4, -0.2) is 22.2 Å². The number of aliphatic hydroxyl groups excluding tert-OH is 2. The highest BCUT2D eigenvalue weighted by molar-refractivity contribution is 5.79. The lowest BCUT2D eigenvalue weighted by Crippen LogP contribution is -2.27. The normalized spacial score (nSPS) is 22.9. The fourth-order valence-corrected chi connectivity index (χ4v) is 1.76. The second-order valence-corrected chi connectivity index (χ2v) is 3.76. The summed E-state index contributed by atoms with van der Waals surface area (Å²) < 4.78 is 0. The number of hydrogen-bond acceptors (Lipinski definition) is 3. The zero-order valence-electron chi connectivity index (χ0n) is 8.81. The summed E-state index contributed by atoms with van der Waals surface area (Å²) >= 11 is 0. The minimum absolute atomic E-state index is 0.0570. The van der Waals surface area contributed by atoms with Crippen LogP contribution in [0.4, 0.5) is 0 Å². The van der Waals surface area contributed by atoms with Crippen LogP contribution in [-0.2, 0) is 4.79 Å². The van der Waals surface area contributed by atoms with Gasteiger partial charge in [-0.3, -0.25) is 4.79 Å². The van der Waals surface area contributed by atoms with E-state index in [1.807, 2.05) is 6.92 Å². The summed E-state index contributed by atoms with van der Waals surface area (Å²) in [5.74, 6) is -0.752. The minimum Gasteiger partial charge on any atom is -0.510 e. The maximum atomic E-state index is 11.2. The van der Waals surface area contributed by atoms with E-state index in [4.69, 9.17) is 5.73 Å². The van der Waals surface area contributed by atoms with E-state index in [2.05, 4.69) is 0 Å². The zero-order valence-corrected chi connectivity index (χ0v) is 8.81. The largest absolute Gasteiger partial charge is 0.510 e. The average molecular weight is 211 g/mol. The van der Waals surface area contributed by atoms with E-state index < -0.39 is 6.10 Å². The third kappa shape index (κ3) is 2.83. The van der Waals surface area contributed by atoms with Crippen LogP contribution in [0, 0.1) is 5.92 Å². The van der Waals surface area contributed by atoms with E-state index in [-0.39, 0.29) is 17.6 Å². The molecule has 84 valence electrons. The van der Waals surface area contributed by atoms with E-state index in [0.717, 1.165) is 12.0 Å². The monoisotopic (exact) mass is 211 g/mol. The van der Waals surface area contributed by atoms with Crippen LogP contribution in [0.25, 0.3) is 0 Å². The number of primary amides is 1. The molecule has 0 radical (unpaired) electrons. The summed E-state index contributed by atoms with van der Waals surface area (Å²) in [5.41, 5.74) is 6.09. The molecule has 0 fully saturated rings. The predicted octanol–water partition coefficient (Wildman–Crippen LogP) is 1.02. The summed E-state index contributed by atoms with van der Waals surface area (Å²) in [6.07, 6.45) is 4.06. The van der Waals surface area contributed by atoms with Gasteiger partial charge in [0.15, 0.2) is 0 Å². The topological polar surface area (TPSA) is 83.6 Å². The molecule has 2 atom stereocenters. The minimum atomic E-state index is -0.993.